The second-order valence-corrected chi connectivity index (χ2v) is 11.2. The Bertz CT molecular complexity index is 1830. The number of fused-ring (bicyclic) bond motifs is 1. The molecular weight excluding hydrogens is 600 g/mol. The van der Waals surface area contributed by atoms with Gasteiger partial charge in [0.15, 0.2) is 5.78 Å². The van der Waals surface area contributed by atoms with Gasteiger partial charge in [-0.25, -0.2) is 4.79 Å². The van der Waals surface area contributed by atoms with E-state index in [-0.39, 0.29) is 17.5 Å². The normalized spacial score (nSPS) is 11.9. The highest BCUT2D eigenvalue weighted by atomic mass is 16.2. The molecule has 0 aliphatic carbocycles. The summed E-state index contributed by atoms with van der Waals surface area (Å²) in [5.41, 5.74) is 3.51. The van der Waals surface area contributed by atoms with Crippen molar-refractivity contribution in [2.24, 2.45) is 10.2 Å². The molecule has 246 valence electrons. The van der Waals surface area contributed by atoms with E-state index in [0.717, 1.165) is 38.0 Å². The molecular formula is C34H40N8O5. The molecule has 1 heterocycles. The molecule has 0 saturated carbocycles. The zero-order valence-electron chi connectivity index (χ0n) is 27.0. The number of hydrogen-bond donors (Lipinski definition) is 5. The van der Waals surface area contributed by atoms with Crippen molar-refractivity contribution in [1.82, 2.24) is 20.2 Å². The molecule has 0 spiro atoms. The third-order valence-electron chi connectivity index (χ3n) is 7.36. The highest BCUT2D eigenvalue weighted by Gasteiger charge is 2.23. The Balaban J connectivity index is 1.34. The third-order valence-corrected chi connectivity index (χ3v) is 7.36. The average Bonchev–Trinajstić information content (AvgIpc) is 3.41. The minimum Gasteiger partial charge on any atom is -0.352 e. The third kappa shape index (κ3) is 9.78. The van der Waals surface area contributed by atoms with Crippen LogP contribution in [0.4, 0.5) is 17.1 Å². The van der Waals surface area contributed by atoms with Crippen molar-refractivity contribution >= 4 is 51.6 Å². The monoisotopic (exact) mass is 640 g/mol. The van der Waals surface area contributed by atoms with Crippen LogP contribution in [0.3, 0.4) is 0 Å². The van der Waals surface area contributed by atoms with E-state index in [1.165, 1.54) is 6.92 Å². The second kappa shape index (κ2) is 16.2. The van der Waals surface area contributed by atoms with E-state index in [2.05, 4.69) is 54.9 Å². The first kappa shape index (κ1) is 34.4. The maximum atomic E-state index is 13.0. The Morgan fingerprint density at radius 3 is 2.28 bits per heavy atom. The van der Waals surface area contributed by atoms with Gasteiger partial charge in [0.1, 0.15) is 0 Å². The number of aryl methyl sites for hydroxylation is 1. The molecule has 0 aliphatic rings. The number of benzene rings is 3. The SMILES string of the molecule is CCCN(CC)CCCNC(=O)c1cc(C)cc(NC(=O)c2ccc(N=NC(C(C)=O)C(=O)Nc3ccc4[nH]c(=O)[nH]c4c3)cc2)c1. The lowest BCUT2D eigenvalue weighted by molar-refractivity contribution is -0.126. The molecule has 5 N–H and O–H groups in total. The maximum absolute atomic E-state index is 13.0. The Morgan fingerprint density at radius 2 is 1.57 bits per heavy atom. The average molecular weight is 641 g/mol. The predicted molar refractivity (Wildman–Crippen MR) is 181 cm³/mol. The van der Waals surface area contributed by atoms with Crippen LogP contribution in [0, 0.1) is 6.92 Å². The highest BCUT2D eigenvalue weighted by Crippen LogP contribution is 2.20. The molecule has 0 radical (unpaired) electrons. The molecule has 1 atom stereocenters. The minimum atomic E-state index is -1.40. The first-order valence-electron chi connectivity index (χ1n) is 15.5. The standard InChI is InChI=1S/C34H40N8O5/c1-5-15-42(6-2)16-7-14-35-31(44)24-17-21(3)18-27(19-24)37-32(45)23-8-10-25(11-9-23)40-41-30(22(4)43)33(46)36-26-12-13-28-29(20-26)39-34(47)38-28/h8-13,17-20,30H,5-7,14-16H2,1-4H3,(H,35,44)(H,36,46)(H,37,45)(H2,38,39,47). The summed E-state index contributed by atoms with van der Waals surface area (Å²) in [7, 11) is 0. The molecule has 3 aromatic carbocycles. The van der Waals surface area contributed by atoms with Crippen LogP contribution in [0.2, 0.25) is 0 Å². The zero-order chi connectivity index (χ0) is 33.9. The fourth-order valence-corrected chi connectivity index (χ4v) is 4.98. The number of amides is 3. The first-order chi connectivity index (χ1) is 22.6. The summed E-state index contributed by atoms with van der Waals surface area (Å²) in [6.45, 7) is 10.9. The molecule has 13 heteroatoms. The van der Waals surface area contributed by atoms with Gasteiger partial charge in [0.25, 0.3) is 17.7 Å². The number of aromatic amines is 2. The number of Topliss-reactive ketones (excluding diaryl/α,β-unsaturated/α-hetero) is 1. The van der Waals surface area contributed by atoms with E-state index < -0.39 is 17.7 Å². The van der Waals surface area contributed by atoms with Crippen molar-refractivity contribution in [1.29, 1.82) is 0 Å². The van der Waals surface area contributed by atoms with Gasteiger partial charge < -0.3 is 30.8 Å². The van der Waals surface area contributed by atoms with Gasteiger partial charge in [0.05, 0.1) is 16.7 Å². The van der Waals surface area contributed by atoms with Gasteiger partial charge >= 0.3 is 5.69 Å². The highest BCUT2D eigenvalue weighted by molar-refractivity contribution is 6.10. The van der Waals surface area contributed by atoms with Crippen molar-refractivity contribution in [3.63, 3.8) is 0 Å². The summed E-state index contributed by atoms with van der Waals surface area (Å²) in [6, 6.07) is 14.7. The number of carbonyl (C=O) groups excluding carboxylic acids is 4. The minimum absolute atomic E-state index is 0.201. The van der Waals surface area contributed by atoms with Gasteiger partial charge in [-0.05, 0) is 113 Å². The molecule has 0 fully saturated rings. The molecule has 3 amide bonds. The molecule has 1 unspecified atom stereocenters. The first-order valence-corrected chi connectivity index (χ1v) is 15.5. The Labute approximate surface area is 272 Å². The van der Waals surface area contributed by atoms with Crippen LogP contribution in [0.25, 0.3) is 11.0 Å². The van der Waals surface area contributed by atoms with Gasteiger partial charge in [0, 0.05) is 29.0 Å². The van der Waals surface area contributed by atoms with Gasteiger partial charge in [0.2, 0.25) is 6.04 Å². The van der Waals surface area contributed by atoms with Crippen LogP contribution < -0.4 is 21.6 Å². The number of carbonyl (C=O) groups is 4. The van der Waals surface area contributed by atoms with E-state index in [4.69, 9.17) is 0 Å². The second-order valence-electron chi connectivity index (χ2n) is 11.2. The molecule has 13 nitrogen and oxygen atoms in total. The largest absolute Gasteiger partial charge is 0.352 e. The van der Waals surface area contributed by atoms with Gasteiger partial charge in [-0.15, -0.1) is 0 Å². The number of azo groups is 1. The zero-order valence-corrected chi connectivity index (χ0v) is 27.0. The number of anilines is 2. The van der Waals surface area contributed by atoms with Crippen LogP contribution >= 0.6 is 0 Å². The lowest BCUT2D eigenvalue weighted by Crippen LogP contribution is -2.31. The van der Waals surface area contributed by atoms with Gasteiger partial charge in [-0.1, -0.05) is 13.8 Å². The van der Waals surface area contributed by atoms with E-state index in [0.29, 0.717) is 45.8 Å². The van der Waals surface area contributed by atoms with Crippen molar-refractivity contribution < 1.29 is 19.2 Å². The number of hydrogen-bond acceptors (Lipinski definition) is 8. The number of ketones is 1. The van der Waals surface area contributed by atoms with Crippen molar-refractivity contribution in [3.8, 4) is 0 Å². The molecule has 47 heavy (non-hydrogen) atoms. The number of aromatic nitrogens is 2. The number of imidazole rings is 1. The summed E-state index contributed by atoms with van der Waals surface area (Å²) in [6.07, 6.45) is 1.94. The number of nitrogens with zero attached hydrogens (tertiary/aromatic N) is 3. The molecule has 4 rings (SSSR count). The summed E-state index contributed by atoms with van der Waals surface area (Å²) >= 11 is 0. The van der Waals surface area contributed by atoms with Crippen LogP contribution in [0.5, 0.6) is 0 Å². The van der Waals surface area contributed by atoms with E-state index in [1.54, 1.807) is 60.7 Å². The molecule has 0 saturated heterocycles. The van der Waals surface area contributed by atoms with Crippen molar-refractivity contribution in [2.45, 2.75) is 46.6 Å². The van der Waals surface area contributed by atoms with Gasteiger partial charge in [-0.2, -0.15) is 10.2 Å². The lowest BCUT2D eigenvalue weighted by atomic mass is 10.1. The predicted octanol–water partition coefficient (Wildman–Crippen LogP) is 4.95. The van der Waals surface area contributed by atoms with Crippen LogP contribution in [0.1, 0.15) is 59.9 Å². The van der Waals surface area contributed by atoms with Crippen LogP contribution in [-0.4, -0.2) is 70.6 Å². The molecule has 4 aromatic rings. The summed E-state index contributed by atoms with van der Waals surface area (Å²) in [5.74, 6) is -1.79. The van der Waals surface area contributed by atoms with Crippen LogP contribution in [-0.2, 0) is 9.59 Å². The Hall–Kier alpha value is -5.43. The summed E-state index contributed by atoms with van der Waals surface area (Å²) < 4.78 is 0. The Morgan fingerprint density at radius 1 is 0.830 bits per heavy atom. The van der Waals surface area contributed by atoms with E-state index in [9.17, 15) is 24.0 Å². The molecule has 1 aromatic heterocycles. The number of rotatable bonds is 15. The lowest BCUT2D eigenvalue weighted by Gasteiger charge is -2.19. The topological polar surface area (TPSA) is 181 Å². The molecule has 0 bridgehead atoms. The van der Waals surface area contributed by atoms with Crippen molar-refractivity contribution in [3.05, 3.63) is 87.8 Å². The molecule has 0 aliphatic heterocycles. The number of nitrogens with one attached hydrogen (secondary N) is 5. The quantitative estimate of drug-likeness (QED) is 0.0696. The van der Waals surface area contributed by atoms with E-state index >= 15 is 0 Å². The van der Waals surface area contributed by atoms with Gasteiger partial charge in [-0.3, -0.25) is 19.2 Å². The van der Waals surface area contributed by atoms with E-state index in [1.807, 2.05) is 6.92 Å². The summed E-state index contributed by atoms with van der Waals surface area (Å²) in [4.78, 5) is 69.8. The smallest absolute Gasteiger partial charge is 0.323 e. The van der Waals surface area contributed by atoms with Crippen molar-refractivity contribution in [2.75, 3.05) is 36.8 Å². The summed E-state index contributed by atoms with van der Waals surface area (Å²) in [5, 5.41) is 16.4. The maximum Gasteiger partial charge on any atom is 0.323 e. The Kier molecular flexibility index (Phi) is 11.9. The fraction of sp³-hybridized carbons (Fsp3) is 0.324. The van der Waals surface area contributed by atoms with Crippen LogP contribution in [0.15, 0.2) is 75.7 Å². The fourth-order valence-electron chi connectivity index (χ4n) is 4.98. The number of H-pyrrole nitrogens is 2.